The summed E-state index contributed by atoms with van der Waals surface area (Å²) in [6, 6.07) is 0.608. The van der Waals surface area contributed by atoms with Crippen molar-refractivity contribution >= 4 is 45.1 Å². The third kappa shape index (κ3) is 5.29. The van der Waals surface area contributed by atoms with Crippen LogP contribution in [-0.2, 0) is 11.3 Å². The number of carbonyl (C=O) groups excluding carboxylic acids is 2. The number of benzene rings is 1. The summed E-state index contributed by atoms with van der Waals surface area (Å²) < 4.78 is 38.2. The van der Waals surface area contributed by atoms with Crippen LogP contribution >= 0.6 is 11.3 Å². The van der Waals surface area contributed by atoms with E-state index in [2.05, 4.69) is 10.3 Å². The summed E-state index contributed by atoms with van der Waals surface area (Å²) in [6.07, 6.45) is 2.30. The van der Waals surface area contributed by atoms with Gasteiger partial charge in [-0.15, -0.1) is 11.3 Å². The average Bonchev–Trinajstić information content (AvgIpc) is 3.31. The molecule has 2 amide bonds. The van der Waals surface area contributed by atoms with Crippen LogP contribution in [0.1, 0.15) is 45.0 Å². The zero-order valence-corrected chi connectivity index (χ0v) is 22.1. The lowest BCUT2D eigenvalue weighted by Crippen LogP contribution is -2.55. The van der Waals surface area contributed by atoms with Gasteiger partial charge in [-0.1, -0.05) is 0 Å². The lowest BCUT2D eigenvalue weighted by molar-refractivity contribution is 0.0158. The number of piperazine rings is 1. The Bertz CT molecular complexity index is 1400. The number of nitrogens with one attached hydrogen (secondary N) is 1. The van der Waals surface area contributed by atoms with Gasteiger partial charge >= 0.3 is 6.09 Å². The SMILES string of the molecule is CCn1cc(C(=O)Nc2nccs2)c(=O)c2cc(F)c(N3CCN(C(=O)OC(C)(C)C)C(C)C3)c(F)c21. The van der Waals surface area contributed by atoms with Gasteiger partial charge in [0.1, 0.15) is 22.7 Å². The number of carbonyl (C=O) groups is 2. The summed E-state index contributed by atoms with van der Waals surface area (Å²) in [4.78, 5) is 45.5. The van der Waals surface area contributed by atoms with Gasteiger partial charge < -0.3 is 19.1 Å². The van der Waals surface area contributed by atoms with E-state index < -0.39 is 34.7 Å². The minimum absolute atomic E-state index is 0.0862. The van der Waals surface area contributed by atoms with Gasteiger partial charge in [-0.25, -0.2) is 18.6 Å². The minimum Gasteiger partial charge on any atom is -0.444 e. The predicted octanol–water partition coefficient (Wildman–Crippen LogP) is 4.45. The molecule has 1 aromatic carbocycles. The van der Waals surface area contributed by atoms with Crippen molar-refractivity contribution in [2.45, 2.75) is 52.8 Å². The molecule has 198 valence electrons. The predicted molar refractivity (Wildman–Crippen MR) is 138 cm³/mol. The summed E-state index contributed by atoms with van der Waals surface area (Å²) in [5.41, 5.74) is -2.04. The Kier molecular flexibility index (Phi) is 7.22. The fourth-order valence-corrected chi connectivity index (χ4v) is 4.90. The van der Waals surface area contributed by atoms with Crippen molar-refractivity contribution < 1.29 is 23.1 Å². The molecule has 0 saturated carbocycles. The lowest BCUT2D eigenvalue weighted by Gasteiger charge is -2.41. The molecule has 0 spiro atoms. The van der Waals surface area contributed by atoms with Gasteiger partial charge in [0.15, 0.2) is 10.9 Å². The van der Waals surface area contributed by atoms with Gasteiger partial charge in [0, 0.05) is 50.0 Å². The molecule has 1 N–H and O–H groups in total. The number of thiazole rings is 1. The second-order valence-electron chi connectivity index (χ2n) is 9.84. The molecule has 12 heteroatoms. The van der Waals surface area contributed by atoms with Gasteiger partial charge in [0.2, 0.25) is 5.43 Å². The standard InChI is InChI=1S/C25H29F2N5O4S/c1-6-30-13-16(22(34)29-23-28-7-10-37-23)21(33)15-11-17(26)20(18(27)19(15)30)31-8-9-32(14(2)12-31)24(35)36-25(3,4)5/h7,10-11,13-14H,6,8-9,12H2,1-5H3,(H,28,29,34). The number of nitrogens with zero attached hydrogens (tertiary/aromatic N) is 4. The molecule has 1 aliphatic heterocycles. The van der Waals surface area contributed by atoms with Crippen LogP contribution in [0, 0.1) is 11.6 Å². The number of amides is 2. The van der Waals surface area contributed by atoms with Gasteiger partial charge in [0.25, 0.3) is 5.91 Å². The quantitative estimate of drug-likeness (QED) is 0.532. The maximum atomic E-state index is 15.9. The molecule has 1 saturated heterocycles. The molecule has 4 rings (SSSR count). The highest BCUT2D eigenvalue weighted by Crippen LogP contribution is 2.32. The topological polar surface area (TPSA) is 96.8 Å². The largest absolute Gasteiger partial charge is 0.444 e. The Morgan fingerprint density at radius 2 is 2.00 bits per heavy atom. The molecule has 1 fully saturated rings. The van der Waals surface area contributed by atoms with Crippen LogP contribution in [0.3, 0.4) is 0 Å². The van der Waals surface area contributed by atoms with Crippen LogP contribution < -0.4 is 15.6 Å². The molecule has 1 aliphatic rings. The first-order valence-corrected chi connectivity index (χ1v) is 12.8. The van der Waals surface area contributed by atoms with E-state index in [9.17, 15) is 14.4 Å². The molecule has 3 aromatic rings. The maximum absolute atomic E-state index is 15.9. The van der Waals surface area contributed by atoms with Gasteiger partial charge in [-0.05, 0) is 40.7 Å². The van der Waals surface area contributed by atoms with E-state index in [1.165, 1.54) is 38.1 Å². The number of rotatable bonds is 4. The monoisotopic (exact) mass is 533 g/mol. The summed E-state index contributed by atoms with van der Waals surface area (Å²) in [5, 5.41) is 4.28. The number of pyridine rings is 1. The smallest absolute Gasteiger partial charge is 0.410 e. The van der Waals surface area contributed by atoms with E-state index >= 15 is 8.78 Å². The van der Waals surface area contributed by atoms with E-state index in [4.69, 9.17) is 4.74 Å². The molecule has 2 aromatic heterocycles. The second kappa shape index (κ2) is 10.1. The molecule has 0 aliphatic carbocycles. The fourth-order valence-electron chi connectivity index (χ4n) is 4.38. The van der Waals surface area contributed by atoms with E-state index in [-0.39, 0.29) is 54.4 Å². The summed E-state index contributed by atoms with van der Waals surface area (Å²) >= 11 is 1.18. The van der Waals surface area contributed by atoms with E-state index in [1.54, 1.807) is 40.0 Å². The third-order valence-corrected chi connectivity index (χ3v) is 6.73. The lowest BCUT2D eigenvalue weighted by atomic mass is 10.1. The minimum atomic E-state index is -0.917. The number of fused-ring (bicyclic) bond motifs is 1. The molecule has 37 heavy (non-hydrogen) atoms. The number of ether oxygens (including phenoxy) is 1. The van der Waals surface area contributed by atoms with Crippen LogP contribution in [-0.4, -0.2) is 57.7 Å². The Labute approximate surface area is 216 Å². The first-order valence-electron chi connectivity index (χ1n) is 11.9. The van der Waals surface area contributed by atoms with E-state index in [0.717, 1.165) is 6.07 Å². The van der Waals surface area contributed by atoms with Crippen molar-refractivity contribution in [3.05, 3.63) is 51.3 Å². The van der Waals surface area contributed by atoms with E-state index in [1.807, 2.05) is 0 Å². The highest BCUT2D eigenvalue weighted by molar-refractivity contribution is 7.13. The molecular formula is C25H29F2N5O4S. The third-order valence-electron chi connectivity index (χ3n) is 6.04. The number of halogens is 2. The Balaban J connectivity index is 1.69. The van der Waals surface area contributed by atoms with Crippen molar-refractivity contribution in [1.82, 2.24) is 14.5 Å². The summed E-state index contributed by atoms with van der Waals surface area (Å²) in [6.45, 7) is 9.62. The van der Waals surface area contributed by atoms with Crippen LogP contribution in [0.25, 0.3) is 10.9 Å². The normalized spacial score (nSPS) is 16.2. The maximum Gasteiger partial charge on any atom is 0.410 e. The Morgan fingerprint density at radius 3 is 2.59 bits per heavy atom. The van der Waals surface area contributed by atoms with Crippen molar-refractivity contribution in [2.24, 2.45) is 0 Å². The second-order valence-corrected chi connectivity index (χ2v) is 10.7. The van der Waals surface area contributed by atoms with E-state index in [0.29, 0.717) is 5.13 Å². The van der Waals surface area contributed by atoms with Crippen molar-refractivity contribution in [2.75, 3.05) is 29.9 Å². The number of aryl methyl sites for hydroxylation is 1. The molecular weight excluding hydrogens is 504 g/mol. The molecule has 9 nitrogen and oxygen atoms in total. The molecule has 0 radical (unpaired) electrons. The highest BCUT2D eigenvalue weighted by Gasteiger charge is 2.34. The van der Waals surface area contributed by atoms with Gasteiger partial charge in [-0.3, -0.25) is 14.9 Å². The highest BCUT2D eigenvalue weighted by atomic mass is 32.1. The molecule has 1 atom stereocenters. The van der Waals surface area contributed by atoms with Crippen LogP contribution in [0.5, 0.6) is 0 Å². The first-order chi connectivity index (χ1) is 17.4. The van der Waals surface area contributed by atoms with Crippen molar-refractivity contribution in [3.8, 4) is 0 Å². The first kappa shape index (κ1) is 26.5. The number of anilines is 2. The van der Waals surface area contributed by atoms with Crippen LogP contribution in [0.15, 0.2) is 28.6 Å². The number of hydrogen-bond donors (Lipinski definition) is 1. The van der Waals surface area contributed by atoms with Crippen molar-refractivity contribution in [3.63, 3.8) is 0 Å². The molecule has 1 unspecified atom stereocenters. The van der Waals surface area contributed by atoms with Crippen LogP contribution in [0.4, 0.5) is 24.4 Å². The zero-order valence-electron chi connectivity index (χ0n) is 21.3. The molecule has 3 heterocycles. The van der Waals surface area contributed by atoms with Gasteiger partial charge in [0.05, 0.1) is 10.9 Å². The Hall–Kier alpha value is -3.54. The summed E-state index contributed by atoms with van der Waals surface area (Å²) in [5.74, 6) is -2.51. The van der Waals surface area contributed by atoms with Crippen LogP contribution in [0.2, 0.25) is 0 Å². The van der Waals surface area contributed by atoms with Crippen molar-refractivity contribution in [1.29, 1.82) is 0 Å². The number of hydrogen-bond acceptors (Lipinski definition) is 7. The zero-order chi connectivity index (χ0) is 27.1. The van der Waals surface area contributed by atoms with Gasteiger partial charge in [-0.2, -0.15) is 0 Å². The summed E-state index contributed by atoms with van der Waals surface area (Å²) in [7, 11) is 0. The molecule has 0 bridgehead atoms. The fraction of sp³-hybridized carbons (Fsp3) is 0.440. The number of aromatic nitrogens is 2. The Morgan fingerprint density at radius 1 is 1.27 bits per heavy atom. The average molecular weight is 534 g/mol.